The van der Waals surface area contributed by atoms with Crippen LogP contribution >= 0.6 is 15.9 Å². The van der Waals surface area contributed by atoms with Crippen molar-refractivity contribution >= 4 is 27.5 Å². The number of amides is 1. The Kier molecular flexibility index (Phi) is 4.34. The van der Waals surface area contributed by atoms with Crippen molar-refractivity contribution in [3.05, 3.63) is 69.9 Å². The summed E-state index contributed by atoms with van der Waals surface area (Å²) >= 11 is 3.11. The topological polar surface area (TPSA) is 32.7 Å². The molecule has 2 aromatic rings. The zero-order valence-electron chi connectivity index (χ0n) is 11.8. The van der Waals surface area contributed by atoms with Crippen LogP contribution in [0, 0.1) is 5.82 Å². The Morgan fingerprint density at radius 3 is 2.68 bits per heavy atom. The van der Waals surface area contributed by atoms with Crippen LogP contribution in [0.1, 0.15) is 28.8 Å². The number of benzene rings is 2. The molecule has 2 aromatic carbocycles. The van der Waals surface area contributed by atoms with Gasteiger partial charge in [0, 0.05) is 12.1 Å². The molecule has 0 saturated heterocycles. The fraction of sp³-hybridized carbons (Fsp3) is 0.176. The van der Waals surface area contributed by atoms with Crippen LogP contribution in [0.25, 0.3) is 0 Å². The lowest BCUT2D eigenvalue weighted by Gasteiger charge is -2.24. The van der Waals surface area contributed by atoms with Crippen LogP contribution in [0.4, 0.5) is 4.39 Å². The van der Waals surface area contributed by atoms with Gasteiger partial charge in [-0.2, -0.15) is 5.10 Å². The molecule has 1 aliphatic heterocycles. The number of carbonyl (C=O) groups is 1. The third kappa shape index (κ3) is 3.09. The predicted octanol–water partition coefficient (Wildman–Crippen LogP) is 4.23. The Morgan fingerprint density at radius 2 is 1.95 bits per heavy atom. The summed E-state index contributed by atoms with van der Waals surface area (Å²) in [5.41, 5.74) is 2.35. The molecule has 1 heterocycles. The molecule has 0 N–H and O–H groups in total. The molecule has 0 aliphatic carbocycles. The van der Waals surface area contributed by atoms with Crippen molar-refractivity contribution in [2.75, 3.05) is 6.54 Å². The normalized spacial score (nSPS) is 14.6. The second-order valence-electron chi connectivity index (χ2n) is 5.07. The fourth-order valence-electron chi connectivity index (χ4n) is 2.40. The van der Waals surface area contributed by atoms with E-state index >= 15 is 0 Å². The van der Waals surface area contributed by atoms with E-state index in [1.165, 1.54) is 23.2 Å². The average Bonchev–Trinajstić information content (AvgIpc) is 2.57. The molecule has 0 unspecified atom stereocenters. The minimum Gasteiger partial charge on any atom is -0.267 e. The van der Waals surface area contributed by atoms with Gasteiger partial charge in [0.15, 0.2) is 0 Å². The Bertz CT molecular complexity index is 731. The van der Waals surface area contributed by atoms with E-state index in [0.717, 1.165) is 24.1 Å². The molecule has 3 rings (SSSR count). The number of nitrogens with zero attached hydrogens (tertiary/aromatic N) is 2. The molecule has 1 amide bonds. The van der Waals surface area contributed by atoms with Gasteiger partial charge in [-0.1, -0.05) is 30.3 Å². The van der Waals surface area contributed by atoms with Gasteiger partial charge in [-0.15, -0.1) is 0 Å². The van der Waals surface area contributed by atoms with Crippen molar-refractivity contribution in [2.24, 2.45) is 5.10 Å². The minimum absolute atomic E-state index is 0.214. The van der Waals surface area contributed by atoms with E-state index in [-0.39, 0.29) is 16.2 Å². The third-order valence-electron chi connectivity index (χ3n) is 3.53. The van der Waals surface area contributed by atoms with Crippen LogP contribution in [0.2, 0.25) is 0 Å². The maximum atomic E-state index is 13.3. The van der Waals surface area contributed by atoms with Crippen LogP contribution in [0.15, 0.2) is 58.1 Å². The van der Waals surface area contributed by atoms with Gasteiger partial charge in [0.1, 0.15) is 5.82 Å². The lowest BCUT2D eigenvalue weighted by molar-refractivity contribution is 0.0751. The van der Waals surface area contributed by atoms with Crippen LogP contribution in [-0.2, 0) is 0 Å². The van der Waals surface area contributed by atoms with E-state index < -0.39 is 0 Å². The minimum atomic E-state index is -0.385. The van der Waals surface area contributed by atoms with E-state index in [9.17, 15) is 9.18 Å². The van der Waals surface area contributed by atoms with Crippen LogP contribution in [-0.4, -0.2) is 23.2 Å². The van der Waals surface area contributed by atoms with E-state index in [1.54, 1.807) is 0 Å². The van der Waals surface area contributed by atoms with Crippen molar-refractivity contribution in [3.8, 4) is 0 Å². The number of hydrogen-bond donors (Lipinski definition) is 0. The first-order valence-corrected chi connectivity index (χ1v) is 7.84. The zero-order chi connectivity index (χ0) is 15.5. The number of hydrazone groups is 1. The first kappa shape index (κ1) is 14.9. The summed E-state index contributed by atoms with van der Waals surface area (Å²) < 4.78 is 13.6. The molecule has 0 spiro atoms. The van der Waals surface area contributed by atoms with Gasteiger partial charge in [-0.3, -0.25) is 4.79 Å². The summed E-state index contributed by atoms with van der Waals surface area (Å²) in [5, 5.41) is 5.94. The molecule has 0 fully saturated rings. The van der Waals surface area contributed by atoms with Gasteiger partial charge < -0.3 is 0 Å². The highest BCUT2D eigenvalue weighted by molar-refractivity contribution is 9.10. The highest BCUT2D eigenvalue weighted by atomic mass is 79.9. The molecule has 5 heteroatoms. The van der Waals surface area contributed by atoms with Crippen LogP contribution in [0.3, 0.4) is 0 Å². The van der Waals surface area contributed by atoms with Gasteiger partial charge in [-0.05, 0) is 52.5 Å². The molecule has 0 radical (unpaired) electrons. The monoisotopic (exact) mass is 360 g/mol. The largest absolute Gasteiger partial charge is 0.274 e. The lowest BCUT2D eigenvalue weighted by atomic mass is 10.0. The average molecular weight is 361 g/mol. The highest BCUT2D eigenvalue weighted by Gasteiger charge is 2.21. The maximum Gasteiger partial charge on any atom is 0.274 e. The summed E-state index contributed by atoms with van der Waals surface area (Å²) in [6, 6.07) is 14.1. The Morgan fingerprint density at radius 1 is 1.18 bits per heavy atom. The number of carbonyl (C=O) groups excluding carboxylic acids is 1. The summed E-state index contributed by atoms with van der Waals surface area (Å²) in [6.07, 6.45) is 1.71. The van der Waals surface area contributed by atoms with E-state index in [0.29, 0.717) is 12.1 Å². The summed E-state index contributed by atoms with van der Waals surface area (Å²) in [7, 11) is 0. The predicted molar refractivity (Wildman–Crippen MR) is 87.3 cm³/mol. The lowest BCUT2D eigenvalue weighted by Crippen LogP contribution is -2.32. The zero-order valence-corrected chi connectivity index (χ0v) is 13.4. The van der Waals surface area contributed by atoms with Crippen LogP contribution < -0.4 is 0 Å². The molecular formula is C17H14BrFN2O. The molecular weight excluding hydrogens is 347 g/mol. The van der Waals surface area contributed by atoms with E-state index in [1.807, 2.05) is 30.3 Å². The van der Waals surface area contributed by atoms with E-state index in [2.05, 4.69) is 21.0 Å². The highest BCUT2D eigenvalue weighted by Crippen LogP contribution is 2.20. The first-order chi connectivity index (χ1) is 10.6. The number of halogens is 2. The summed E-state index contributed by atoms with van der Waals surface area (Å²) in [5.74, 6) is -0.600. The Balaban J connectivity index is 1.87. The summed E-state index contributed by atoms with van der Waals surface area (Å²) in [6.45, 7) is 0.574. The second kappa shape index (κ2) is 6.40. The second-order valence-corrected chi connectivity index (χ2v) is 5.93. The molecule has 0 aromatic heterocycles. The molecule has 3 nitrogen and oxygen atoms in total. The smallest absolute Gasteiger partial charge is 0.267 e. The molecule has 1 aliphatic rings. The van der Waals surface area contributed by atoms with Gasteiger partial charge in [-0.25, -0.2) is 9.40 Å². The maximum absolute atomic E-state index is 13.3. The molecule has 0 saturated carbocycles. The van der Waals surface area contributed by atoms with Crippen molar-refractivity contribution in [2.45, 2.75) is 12.8 Å². The van der Waals surface area contributed by atoms with Gasteiger partial charge >= 0.3 is 0 Å². The molecule has 22 heavy (non-hydrogen) atoms. The molecule has 0 atom stereocenters. The van der Waals surface area contributed by atoms with Gasteiger partial charge in [0.25, 0.3) is 5.91 Å². The summed E-state index contributed by atoms with van der Waals surface area (Å²) in [4.78, 5) is 12.5. The fourth-order valence-corrected chi connectivity index (χ4v) is 2.78. The quantitative estimate of drug-likeness (QED) is 0.788. The standard InChI is InChI=1S/C17H14BrFN2O/c18-14-11-13(8-9-15(14)19)17(22)21-10-4-7-16(20-21)12-5-2-1-3-6-12/h1-3,5-6,8-9,11H,4,7,10H2. The van der Waals surface area contributed by atoms with Crippen molar-refractivity contribution in [1.82, 2.24) is 5.01 Å². The van der Waals surface area contributed by atoms with Gasteiger partial charge in [0.05, 0.1) is 10.2 Å². The number of rotatable bonds is 2. The molecule has 112 valence electrons. The van der Waals surface area contributed by atoms with Crippen molar-refractivity contribution in [1.29, 1.82) is 0 Å². The van der Waals surface area contributed by atoms with E-state index in [4.69, 9.17) is 0 Å². The SMILES string of the molecule is O=C(c1ccc(F)c(Br)c1)N1CCCC(c2ccccc2)=N1. The van der Waals surface area contributed by atoms with Crippen molar-refractivity contribution in [3.63, 3.8) is 0 Å². The van der Waals surface area contributed by atoms with Crippen LogP contribution in [0.5, 0.6) is 0 Å². The van der Waals surface area contributed by atoms with Crippen molar-refractivity contribution < 1.29 is 9.18 Å². The first-order valence-electron chi connectivity index (χ1n) is 7.05. The number of hydrogen-bond acceptors (Lipinski definition) is 2. The molecule has 0 bridgehead atoms. The Labute approximate surface area is 136 Å². The third-order valence-corrected chi connectivity index (χ3v) is 4.14. The Hall–Kier alpha value is -2.01. The van der Waals surface area contributed by atoms with Gasteiger partial charge in [0.2, 0.25) is 0 Å².